The van der Waals surface area contributed by atoms with Crippen LogP contribution in [-0.2, 0) is 9.59 Å². The normalized spacial score (nSPS) is 14.7. The highest BCUT2D eigenvalue weighted by Crippen LogP contribution is 2.28. The number of carbonyl (C=O) groups excluding carboxylic acids is 2. The van der Waals surface area contributed by atoms with Crippen molar-refractivity contribution >= 4 is 57.9 Å². The van der Waals surface area contributed by atoms with Gasteiger partial charge in [-0.1, -0.05) is 23.7 Å². The Morgan fingerprint density at radius 3 is 2.02 bits per heavy atom. The highest BCUT2D eigenvalue weighted by atomic mass is 35.5. The van der Waals surface area contributed by atoms with Gasteiger partial charge in [0.2, 0.25) is 23.7 Å². The summed E-state index contributed by atoms with van der Waals surface area (Å²) in [7, 11) is 0. The quantitative estimate of drug-likeness (QED) is 0.122. The number of fused-ring (bicyclic) bond motifs is 1. The molecule has 4 aromatic rings. The molecule has 7 N–H and O–H groups in total. The van der Waals surface area contributed by atoms with Gasteiger partial charge in [0.15, 0.2) is 0 Å². The van der Waals surface area contributed by atoms with E-state index in [0.717, 1.165) is 87.1 Å². The van der Waals surface area contributed by atoms with E-state index in [4.69, 9.17) is 23.1 Å². The van der Waals surface area contributed by atoms with Gasteiger partial charge in [0.1, 0.15) is 16.8 Å². The van der Waals surface area contributed by atoms with Crippen LogP contribution in [-0.4, -0.2) is 85.8 Å². The lowest BCUT2D eigenvalue weighted by Gasteiger charge is -2.15. The molecule has 5 heterocycles. The maximum atomic E-state index is 11.6. The van der Waals surface area contributed by atoms with E-state index in [1.165, 1.54) is 0 Å². The minimum absolute atomic E-state index is 0.153. The van der Waals surface area contributed by atoms with Crippen LogP contribution in [0.1, 0.15) is 38.5 Å². The Kier molecular flexibility index (Phi) is 10.3. The summed E-state index contributed by atoms with van der Waals surface area (Å²) in [5.41, 5.74) is 14.3. The number of hydrogen-bond acceptors (Lipinski definition) is 10. The minimum Gasteiger partial charge on any atom is -0.370 e. The summed E-state index contributed by atoms with van der Waals surface area (Å²) in [5.74, 6) is 2.22. The lowest BCUT2D eigenvalue weighted by molar-refractivity contribution is -0.128. The Morgan fingerprint density at radius 2 is 1.43 bits per heavy atom. The molecular formula is C30H38ClN11O2. The Balaban J connectivity index is 0.000000187. The molecule has 0 atom stereocenters. The minimum atomic E-state index is 0.153. The standard InChI is InChI=1S/C19H22N6O.C11H16ClN5O/c20-19-23-16(13-4-1-5-15-14(13)7-9-21-15)12-17(24-19)22-8-3-11-25-10-2-6-18(25)26;12-8-7-9(16-11(13)15-8)14-4-2-6-17-5-1-3-10(17)18/h1,4-5,7,9,12,21H,2-3,6,8,10-11H2,(H3,20,22,23,24);7H,1-6H2,(H3,13,14,15,16). The van der Waals surface area contributed by atoms with E-state index in [9.17, 15) is 9.59 Å². The Morgan fingerprint density at radius 1 is 0.818 bits per heavy atom. The molecule has 2 aliphatic heterocycles. The molecule has 0 saturated carbocycles. The van der Waals surface area contributed by atoms with Crippen molar-refractivity contribution in [1.82, 2.24) is 34.7 Å². The van der Waals surface area contributed by atoms with Crippen LogP contribution in [0.25, 0.3) is 22.2 Å². The van der Waals surface area contributed by atoms with Crippen molar-refractivity contribution in [3.63, 3.8) is 0 Å². The van der Waals surface area contributed by atoms with Crippen LogP contribution < -0.4 is 22.1 Å². The number of halogens is 1. The van der Waals surface area contributed by atoms with Gasteiger partial charge in [-0.3, -0.25) is 9.59 Å². The van der Waals surface area contributed by atoms with Crippen LogP contribution in [0.2, 0.25) is 5.15 Å². The smallest absolute Gasteiger partial charge is 0.223 e. The van der Waals surface area contributed by atoms with Crippen molar-refractivity contribution in [1.29, 1.82) is 0 Å². The molecular weight excluding hydrogens is 582 g/mol. The number of nitrogen functional groups attached to an aromatic ring is 2. The summed E-state index contributed by atoms with van der Waals surface area (Å²) < 4.78 is 0. The number of amides is 2. The number of benzene rings is 1. The van der Waals surface area contributed by atoms with Crippen LogP contribution in [0.4, 0.5) is 23.5 Å². The molecule has 44 heavy (non-hydrogen) atoms. The number of aromatic nitrogens is 5. The molecule has 2 amide bonds. The first-order chi connectivity index (χ1) is 21.4. The van der Waals surface area contributed by atoms with Crippen molar-refractivity contribution in [3.8, 4) is 11.3 Å². The molecule has 0 unspecified atom stereocenters. The third kappa shape index (κ3) is 8.25. The van der Waals surface area contributed by atoms with Gasteiger partial charge in [-0.15, -0.1) is 0 Å². The summed E-state index contributed by atoms with van der Waals surface area (Å²) in [6.45, 7) is 4.77. The van der Waals surface area contributed by atoms with Gasteiger partial charge in [-0.05, 0) is 37.8 Å². The zero-order chi connectivity index (χ0) is 30.9. The van der Waals surface area contributed by atoms with Crippen LogP contribution in [0, 0.1) is 0 Å². The predicted octanol–water partition coefficient (Wildman–Crippen LogP) is 3.77. The van der Waals surface area contributed by atoms with Gasteiger partial charge in [-0.2, -0.15) is 9.97 Å². The Bertz CT molecular complexity index is 1570. The number of rotatable bonds is 11. The summed E-state index contributed by atoms with van der Waals surface area (Å²) in [5, 5.41) is 7.83. The molecule has 6 rings (SSSR count). The Labute approximate surface area is 260 Å². The van der Waals surface area contributed by atoms with E-state index in [-0.39, 0.29) is 23.7 Å². The second-order valence-electron chi connectivity index (χ2n) is 10.7. The number of likely N-dealkylation sites (tertiary alicyclic amines) is 2. The first kappa shape index (κ1) is 30.8. The molecule has 14 heteroatoms. The molecule has 0 radical (unpaired) electrons. The highest BCUT2D eigenvalue weighted by Gasteiger charge is 2.20. The van der Waals surface area contributed by atoms with E-state index < -0.39 is 0 Å². The molecule has 232 valence electrons. The monoisotopic (exact) mass is 619 g/mol. The van der Waals surface area contributed by atoms with E-state index in [2.05, 4.69) is 35.6 Å². The summed E-state index contributed by atoms with van der Waals surface area (Å²) in [6, 6.07) is 11.6. The number of aromatic amines is 1. The van der Waals surface area contributed by atoms with Gasteiger partial charge in [-0.25, -0.2) is 9.97 Å². The van der Waals surface area contributed by atoms with Crippen molar-refractivity contribution in [3.05, 3.63) is 47.7 Å². The van der Waals surface area contributed by atoms with Crippen LogP contribution >= 0.6 is 11.6 Å². The molecule has 1 aromatic carbocycles. The van der Waals surface area contributed by atoms with Gasteiger partial charge in [0, 0.05) is 86.9 Å². The molecule has 0 spiro atoms. The summed E-state index contributed by atoms with van der Waals surface area (Å²) in [6.07, 6.45) is 6.98. The summed E-state index contributed by atoms with van der Waals surface area (Å²) in [4.78, 5) is 46.5. The second-order valence-corrected chi connectivity index (χ2v) is 11.1. The number of nitrogens with zero attached hydrogens (tertiary/aromatic N) is 6. The van der Waals surface area contributed by atoms with Crippen molar-refractivity contribution in [2.45, 2.75) is 38.5 Å². The number of hydrogen-bond donors (Lipinski definition) is 5. The van der Waals surface area contributed by atoms with E-state index >= 15 is 0 Å². The zero-order valence-corrected chi connectivity index (χ0v) is 25.3. The van der Waals surface area contributed by atoms with Crippen molar-refractivity contribution < 1.29 is 9.59 Å². The number of nitrogens with two attached hydrogens (primary N) is 2. The SMILES string of the molecule is Nc1nc(Cl)cc(NCCCN2CCCC2=O)n1.Nc1nc(NCCCN2CCCC2=O)cc(-c2cccc3[nH]ccc23)n1. The first-order valence-electron chi connectivity index (χ1n) is 14.9. The van der Waals surface area contributed by atoms with E-state index in [1.807, 2.05) is 46.3 Å². The highest BCUT2D eigenvalue weighted by molar-refractivity contribution is 6.29. The third-order valence-corrected chi connectivity index (χ3v) is 7.68. The molecule has 2 aliphatic rings. The largest absolute Gasteiger partial charge is 0.370 e. The predicted molar refractivity (Wildman–Crippen MR) is 173 cm³/mol. The van der Waals surface area contributed by atoms with Crippen LogP contribution in [0.15, 0.2) is 42.6 Å². The Hall–Kier alpha value is -4.65. The fourth-order valence-electron chi connectivity index (χ4n) is 5.38. The zero-order valence-electron chi connectivity index (χ0n) is 24.6. The van der Waals surface area contributed by atoms with Crippen molar-refractivity contribution in [2.75, 3.05) is 61.4 Å². The number of anilines is 4. The third-order valence-electron chi connectivity index (χ3n) is 7.49. The van der Waals surface area contributed by atoms with Gasteiger partial charge >= 0.3 is 0 Å². The molecule has 0 bridgehead atoms. The fourth-order valence-corrected chi connectivity index (χ4v) is 5.57. The average Bonchev–Trinajstić information content (AvgIpc) is 3.74. The number of H-pyrrole nitrogens is 1. The lowest BCUT2D eigenvalue weighted by Crippen LogP contribution is -2.27. The molecule has 13 nitrogen and oxygen atoms in total. The molecule has 0 aliphatic carbocycles. The number of carbonyl (C=O) groups is 2. The second kappa shape index (κ2) is 14.7. The topological polar surface area (TPSA) is 184 Å². The van der Waals surface area contributed by atoms with Gasteiger partial charge in [0.05, 0.1) is 5.69 Å². The maximum absolute atomic E-state index is 11.6. The molecule has 2 saturated heterocycles. The van der Waals surface area contributed by atoms with Crippen LogP contribution in [0.5, 0.6) is 0 Å². The lowest BCUT2D eigenvalue weighted by atomic mass is 10.1. The molecule has 2 fully saturated rings. The fraction of sp³-hybridized carbons (Fsp3) is 0.400. The summed E-state index contributed by atoms with van der Waals surface area (Å²) >= 11 is 5.76. The van der Waals surface area contributed by atoms with Gasteiger partial charge < -0.3 is 36.9 Å². The van der Waals surface area contributed by atoms with E-state index in [1.54, 1.807) is 6.07 Å². The number of nitrogens with one attached hydrogen (secondary N) is 3. The molecule has 3 aromatic heterocycles. The van der Waals surface area contributed by atoms with E-state index in [0.29, 0.717) is 29.6 Å². The van der Waals surface area contributed by atoms with Crippen molar-refractivity contribution in [2.24, 2.45) is 0 Å². The van der Waals surface area contributed by atoms with Gasteiger partial charge in [0.25, 0.3) is 0 Å². The maximum Gasteiger partial charge on any atom is 0.223 e. The first-order valence-corrected chi connectivity index (χ1v) is 15.3. The average molecular weight is 620 g/mol. The van der Waals surface area contributed by atoms with Crippen LogP contribution in [0.3, 0.4) is 0 Å².